The molecule has 1 aliphatic rings. The lowest BCUT2D eigenvalue weighted by molar-refractivity contribution is -0.147. The summed E-state index contributed by atoms with van der Waals surface area (Å²) < 4.78 is 5.26. The van der Waals surface area contributed by atoms with Gasteiger partial charge in [-0.2, -0.15) is 0 Å². The van der Waals surface area contributed by atoms with Crippen molar-refractivity contribution in [2.45, 2.75) is 44.9 Å². The van der Waals surface area contributed by atoms with E-state index in [2.05, 4.69) is 10.6 Å². The highest BCUT2D eigenvalue weighted by atomic mass is 16.5. The maximum absolute atomic E-state index is 12.0. The van der Waals surface area contributed by atoms with Crippen molar-refractivity contribution in [3.63, 3.8) is 0 Å². The van der Waals surface area contributed by atoms with Gasteiger partial charge in [0.2, 0.25) is 5.91 Å². The van der Waals surface area contributed by atoms with Gasteiger partial charge in [0, 0.05) is 6.54 Å². The van der Waals surface area contributed by atoms with Crippen molar-refractivity contribution in [3.8, 4) is 0 Å². The first-order valence-electron chi connectivity index (χ1n) is 7.41. The first-order chi connectivity index (χ1) is 10.2. The minimum absolute atomic E-state index is 0.0322. The van der Waals surface area contributed by atoms with Gasteiger partial charge in [0.05, 0.1) is 6.04 Å². The van der Waals surface area contributed by atoms with E-state index in [1.54, 1.807) is 6.92 Å². The Morgan fingerprint density at radius 2 is 2.14 bits per heavy atom. The highest BCUT2D eigenvalue weighted by Crippen LogP contribution is 2.07. The van der Waals surface area contributed by atoms with Gasteiger partial charge in [0.15, 0.2) is 0 Å². The van der Waals surface area contributed by atoms with Gasteiger partial charge in [-0.05, 0) is 31.7 Å². The average molecular weight is 290 g/mol. The molecule has 1 aromatic carbocycles. The largest absolute Gasteiger partial charge is 0.460 e. The number of benzene rings is 1. The predicted octanol–water partition coefficient (Wildman–Crippen LogP) is 1.38. The molecule has 0 bridgehead atoms. The molecule has 5 heteroatoms. The molecular weight excluding hydrogens is 268 g/mol. The molecule has 1 saturated heterocycles. The molecule has 2 atom stereocenters. The summed E-state index contributed by atoms with van der Waals surface area (Å²) in [6, 6.07) is 8.73. The number of hydrogen-bond donors (Lipinski definition) is 2. The Hall–Kier alpha value is -1.88. The number of carbonyl (C=O) groups is 2. The van der Waals surface area contributed by atoms with E-state index >= 15 is 0 Å². The van der Waals surface area contributed by atoms with E-state index in [4.69, 9.17) is 4.74 Å². The van der Waals surface area contributed by atoms with Crippen molar-refractivity contribution in [1.29, 1.82) is 0 Å². The number of carbonyl (C=O) groups excluding carboxylic acids is 2. The molecule has 5 nitrogen and oxygen atoms in total. The number of amides is 1. The number of nitrogens with one attached hydrogen (secondary N) is 2. The first-order valence-corrected chi connectivity index (χ1v) is 7.41. The fourth-order valence-electron chi connectivity index (χ4n) is 2.32. The molecule has 0 aliphatic carbocycles. The molecule has 2 rings (SSSR count). The molecule has 0 aromatic heterocycles. The summed E-state index contributed by atoms with van der Waals surface area (Å²) in [6.45, 7) is 2.69. The summed E-state index contributed by atoms with van der Waals surface area (Å²) in [5.74, 6) is -0.369. The zero-order chi connectivity index (χ0) is 15.1. The standard InChI is InChI=1S/C16H22N2O3/c1-12(18-14-9-5-6-10-17-15(14)19)16(20)21-11-13-7-3-2-4-8-13/h2-4,7-8,12,14,18H,5-6,9-11H2,1H3,(H,17,19). The molecule has 1 aromatic rings. The summed E-state index contributed by atoms with van der Waals surface area (Å²) in [5, 5.41) is 5.90. The number of ether oxygens (including phenoxy) is 1. The van der Waals surface area contributed by atoms with Crippen LogP contribution in [0, 0.1) is 0 Å². The number of hydrogen-bond acceptors (Lipinski definition) is 4. The van der Waals surface area contributed by atoms with E-state index in [9.17, 15) is 9.59 Å². The van der Waals surface area contributed by atoms with Crippen LogP contribution in [0.2, 0.25) is 0 Å². The first kappa shape index (κ1) is 15.5. The number of esters is 1. The van der Waals surface area contributed by atoms with E-state index in [0.717, 1.165) is 24.8 Å². The lowest BCUT2D eigenvalue weighted by Gasteiger charge is -2.19. The van der Waals surface area contributed by atoms with Crippen LogP contribution in [-0.2, 0) is 20.9 Å². The summed E-state index contributed by atoms with van der Waals surface area (Å²) in [7, 11) is 0. The van der Waals surface area contributed by atoms with Crippen molar-refractivity contribution in [1.82, 2.24) is 10.6 Å². The Kier molecular flexibility index (Phi) is 5.75. The molecule has 2 N–H and O–H groups in total. The van der Waals surface area contributed by atoms with Crippen LogP contribution < -0.4 is 10.6 Å². The quantitative estimate of drug-likeness (QED) is 0.804. The van der Waals surface area contributed by atoms with Gasteiger partial charge >= 0.3 is 5.97 Å². The van der Waals surface area contributed by atoms with Crippen LogP contribution in [0.1, 0.15) is 31.7 Å². The third-order valence-corrected chi connectivity index (χ3v) is 3.56. The predicted molar refractivity (Wildman–Crippen MR) is 79.5 cm³/mol. The molecule has 2 unspecified atom stereocenters. The zero-order valence-corrected chi connectivity index (χ0v) is 12.3. The van der Waals surface area contributed by atoms with Crippen LogP contribution in [0.5, 0.6) is 0 Å². The van der Waals surface area contributed by atoms with Gasteiger partial charge in [0.1, 0.15) is 12.6 Å². The van der Waals surface area contributed by atoms with E-state index in [0.29, 0.717) is 6.54 Å². The molecule has 1 heterocycles. The van der Waals surface area contributed by atoms with Crippen LogP contribution >= 0.6 is 0 Å². The molecular formula is C16H22N2O3. The molecule has 114 valence electrons. The highest BCUT2D eigenvalue weighted by Gasteiger charge is 2.25. The zero-order valence-electron chi connectivity index (χ0n) is 12.3. The minimum Gasteiger partial charge on any atom is -0.460 e. The SMILES string of the molecule is CC(NC1CCCCNC1=O)C(=O)OCc1ccccc1. The van der Waals surface area contributed by atoms with Gasteiger partial charge < -0.3 is 10.1 Å². The van der Waals surface area contributed by atoms with Crippen LogP contribution in [0.3, 0.4) is 0 Å². The topological polar surface area (TPSA) is 67.4 Å². The van der Waals surface area contributed by atoms with Crippen molar-refractivity contribution in [3.05, 3.63) is 35.9 Å². The van der Waals surface area contributed by atoms with Gasteiger partial charge in [-0.1, -0.05) is 30.3 Å². The van der Waals surface area contributed by atoms with Gasteiger partial charge in [-0.15, -0.1) is 0 Å². The third-order valence-electron chi connectivity index (χ3n) is 3.56. The van der Waals surface area contributed by atoms with E-state index in [1.807, 2.05) is 30.3 Å². The second-order valence-corrected chi connectivity index (χ2v) is 5.32. The Morgan fingerprint density at radius 1 is 1.38 bits per heavy atom. The fraction of sp³-hybridized carbons (Fsp3) is 0.500. The Balaban J connectivity index is 1.80. The Bertz CT molecular complexity index is 476. The molecule has 0 spiro atoms. The lowest BCUT2D eigenvalue weighted by Crippen LogP contribution is -2.49. The average Bonchev–Trinajstić information content (AvgIpc) is 2.71. The van der Waals surface area contributed by atoms with Crippen molar-refractivity contribution in [2.75, 3.05) is 6.54 Å². The Labute approximate surface area is 125 Å². The van der Waals surface area contributed by atoms with Crippen molar-refractivity contribution >= 4 is 11.9 Å². The van der Waals surface area contributed by atoms with Crippen LogP contribution in [0.4, 0.5) is 0 Å². The maximum Gasteiger partial charge on any atom is 0.323 e. The molecule has 1 amide bonds. The van der Waals surface area contributed by atoms with E-state index in [-0.39, 0.29) is 24.5 Å². The van der Waals surface area contributed by atoms with Crippen LogP contribution in [-0.4, -0.2) is 30.5 Å². The maximum atomic E-state index is 12.0. The highest BCUT2D eigenvalue weighted by molar-refractivity contribution is 5.83. The monoisotopic (exact) mass is 290 g/mol. The van der Waals surface area contributed by atoms with Gasteiger partial charge in [-0.3, -0.25) is 14.9 Å². The number of rotatable bonds is 5. The minimum atomic E-state index is -0.498. The Morgan fingerprint density at radius 3 is 2.90 bits per heavy atom. The summed E-state index contributed by atoms with van der Waals surface area (Å²) in [4.78, 5) is 23.8. The molecule has 1 aliphatic heterocycles. The van der Waals surface area contributed by atoms with Crippen LogP contribution in [0.25, 0.3) is 0 Å². The molecule has 0 saturated carbocycles. The summed E-state index contributed by atoms with van der Waals surface area (Å²) >= 11 is 0. The normalized spacial score (nSPS) is 20.2. The lowest BCUT2D eigenvalue weighted by atomic mass is 10.1. The smallest absolute Gasteiger partial charge is 0.323 e. The van der Waals surface area contributed by atoms with Gasteiger partial charge in [-0.25, -0.2) is 0 Å². The van der Waals surface area contributed by atoms with E-state index in [1.165, 1.54) is 0 Å². The third kappa shape index (κ3) is 4.86. The summed E-state index contributed by atoms with van der Waals surface area (Å²) in [6.07, 6.45) is 2.71. The second kappa shape index (κ2) is 7.78. The second-order valence-electron chi connectivity index (χ2n) is 5.32. The van der Waals surface area contributed by atoms with Gasteiger partial charge in [0.25, 0.3) is 0 Å². The summed E-state index contributed by atoms with van der Waals surface area (Å²) in [5.41, 5.74) is 0.949. The molecule has 21 heavy (non-hydrogen) atoms. The van der Waals surface area contributed by atoms with Crippen molar-refractivity contribution in [2.24, 2.45) is 0 Å². The fourth-order valence-corrected chi connectivity index (χ4v) is 2.32. The molecule has 1 fully saturated rings. The van der Waals surface area contributed by atoms with Crippen LogP contribution in [0.15, 0.2) is 30.3 Å². The van der Waals surface area contributed by atoms with E-state index < -0.39 is 6.04 Å². The molecule has 0 radical (unpaired) electrons. The van der Waals surface area contributed by atoms with Crippen molar-refractivity contribution < 1.29 is 14.3 Å².